The van der Waals surface area contributed by atoms with Gasteiger partial charge < -0.3 is 21.4 Å². The highest BCUT2D eigenvalue weighted by Crippen LogP contribution is 2.24. The molecule has 7 N–H and O–H groups in total. The van der Waals surface area contributed by atoms with Gasteiger partial charge in [-0.1, -0.05) is 43.6 Å². The number of ketones is 1. The fraction of sp³-hybridized carbons (Fsp3) is 0.167. The third kappa shape index (κ3) is 5.67. The number of nitrogens with two attached hydrogens (primary N) is 2. The van der Waals surface area contributed by atoms with E-state index in [4.69, 9.17) is 22.7 Å². The lowest BCUT2D eigenvalue weighted by atomic mass is 10.0. The molecule has 0 fully saturated rings. The number of nitrogens with one attached hydrogen (secondary N) is 3. The number of urea groups is 1. The van der Waals surface area contributed by atoms with Gasteiger partial charge in [-0.05, 0) is 53.7 Å². The standard InChI is InChI=1S/C24H25ClN6O2/c1-13(2)20-11-17(21(30-20)23(27)28-12-26)22(32)15-5-4-6-16(10-15)29-24(33)31-19-8-7-14(3)9-18(19)25/h4-13,30H,1-3H3,(H3,26,27,28)(H2,29,31,33)/p+1. The summed E-state index contributed by atoms with van der Waals surface area (Å²) in [5, 5.41) is 11.2. The zero-order valence-corrected chi connectivity index (χ0v) is 19.3. The van der Waals surface area contributed by atoms with Crippen LogP contribution in [0.4, 0.5) is 16.2 Å². The molecule has 0 spiro atoms. The second kappa shape index (κ2) is 10.1. The van der Waals surface area contributed by atoms with E-state index in [1.165, 1.54) is 0 Å². The molecule has 0 aliphatic heterocycles. The van der Waals surface area contributed by atoms with Crippen molar-refractivity contribution in [2.24, 2.45) is 10.7 Å². The molecule has 1 heterocycles. The monoisotopic (exact) mass is 465 g/mol. The molecular formula is C24H26ClN6O2+. The highest BCUT2D eigenvalue weighted by atomic mass is 35.5. The van der Waals surface area contributed by atoms with Crippen molar-refractivity contribution >= 4 is 47.0 Å². The summed E-state index contributed by atoms with van der Waals surface area (Å²) in [6.45, 7) is 5.90. The van der Waals surface area contributed by atoms with Crippen LogP contribution in [0.15, 0.2) is 53.5 Å². The summed E-state index contributed by atoms with van der Waals surface area (Å²) in [5.74, 6) is -0.0180. The minimum atomic E-state index is -0.482. The van der Waals surface area contributed by atoms with E-state index in [1.807, 2.05) is 26.8 Å². The van der Waals surface area contributed by atoms with Crippen LogP contribution >= 0.6 is 11.6 Å². The number of halogens is 1. The van der Waals surface area contributed by atoms with Crippen molar-refractivity contribution in [1.29, 1.82) is 0 Å². The number of aromatic nitrogens is 1. The molecule has 0 aliphatic rings. The number of hydrogen-bond acceptors (Lipinski definition) is 2. The first-order valence-corrected chi connectivity index (χ1v) is 10.7. The SMILES string of the molecule is Cc1ccc(NC(=O)Nc2cccc(C(=O)c3cc(C(C)C)[nH]c3C(N)=NC=[NH2+])c2)c(Cl)c1. The van der Waals surface area contributed by atoms with Crippen LogP contribution in [-0.4, -0.2) is 29.0 Å². The van der Waals surface area contributed by atoms with Gasteiger partial charge in [0.05, 0.1) is 16.3 Å². The van der Waals surface area contributed by atoms with Crippen LogP contribution in [0.5, 0.6) is 0 Å². The van der Waals surface area contributed by atoms with Gasteiger partial charge >= 0.3 is 6.03 Å². The summed E-state index contributed by atoms with van der Waals surface area (Å²) in [7, 11) is 0. The summed E-state index contributed by atoms with van der Waals surface area (Å²) >= 11 is 6.18. The van der Waals surface area contributed by atoms with E-state index < -0.39 is 6.03 Å². The maximum atomic E-state index is 13.3. The van der Waals surface area contributed by atoms with Gasteiger partial charge in [0, 0.05) is 16.9 Å². The number of aliphatic imine (C=N–C) groups is 1. The minimum Gasteiger partial charge on any atom is -0.361 e. The summed E-state index contributed by atoms with van der Waals surface area (Å²) in [6, 6.07) is 13.2. The first kappa shape index (κ1) is 23.7. The number of aryl methyl sites for hydroxylation is 1. The van der Waals surface area contributed by atoms with Gasteiger partial charge in [0.2, 0.25) is 0 Å². The van der Waals surface area contributed by atoms with Gasteiger partial charge in [-0.15, -0.1) is 0 Å². The molecule has 0 saturated heterocycles. The average molecular weight is 466 g/mol. The number of hydrogen-bond donors (Lipinski definition) is 5. The molecule has 0 atom stereocenters. The lowest BCUT2D eigenvalue weighted by Gasteiger charge is -2.10. The highest BCUT2D eigenvalue weighted by Gasteiger charge is 2.22. The molecule has 0 radical (unpaired) electrons. The first-order chi connectivity index (χ1) is 15.7. The lowest BCUT2D eigenvalue weighted by molar-refractivity contribution is -0.106. The summed E-state index contributed by atoms with van der Waals surface area (Å²) in [5.41, 5.74) is 9.90. The normalized spacial score (nSPS) is 11.4. The van der Waals surface area contributed by atoms with E-state index in [9.17, 15) is 9.59 Å². The van der Waals surface area contributed by atoms with Gasteiger partial charge in [-0.3, -0.25) is 10.2 Å². The Morgan fingerprint density at radius 2 is 1.91 bits per heavy atom. The minimum absolute atomic E-state index is 0.108. The Morgan fingerprint density at radius 3 is 2.58 bits per heavy atom. The number of carbonyl (C=O) groups excluding carboxylic acids is 2. The zero-order valence-electron chi connectivity index (χ0n) is 18.6. The maximum absolute atomic E-state index is 13.3. The van der Waals surface area contributed by atoms with E-state index in [1.54, 1.807) is 42.5 Å². The molecule has 0 aliphatic carbocycles. The smallest absolute Gasteiger partial charge is 0.323 e. The third-order valence-electron chi connectivity index (χ3n) is 4.93. The molecule has 1 aromatic heterocycles. The number of aromatic amines is 1. The molecular weight excluding hydrogens is 440 g/mol. The topological polar surface area (TPSA) is 138 Å². The molecule has 2 aromatic carbocycles. The first-order valence-electron chi connectivity index (χ1n) is 10.3. The number of amidine groups is 1. The van der Waals surface area contributed by atoms with Crippen LogP contribution < -0.4 is 21.8 Å². The molecule has 0 bridgehead atoms. The lowest BCUT2D eigenvalue weighted by Crippen LogP contribution is -2.30. The predicted molar refractivity (Wildman–Crippen MR) is 132 cm³/mol. The van der Waals surface area contributed by atoms with Crippen LogP contribution in [0.25, 0.3) is 0 Å². The molecule has 2 amide bonds. The van der Waals surface area contributed by atoms with Crippen LogP contribution in [0.1, 0.15) is 52.6 Å². The van der Waals surface area contributed by atoms with Gasteiger partial charge in [0.1, 0.15) is 5.69 Å². The van der Waals surface area contributed by atoms with Gasteiger partial charge in [0.15, 0.2) is 5.78 Å². The van der Waals surface area contributed by atoms with Gasteiger partial charge in [-0.25, -0.2) is 4.79 Å². The number of amides is 2. The van der Waals surface area contributed by atoms with Crippen molar-refractivity contribution in [3.8, 4) is 0 Å². The predicted octanol–water partition coefficient (Wildman–Crippen LogP) is 3.47. The molecule has 0 unspecified atom stereocenters. The van der Waals surface area contributed by atoms with E-state index in [-0.39, 0.29) is 17.5 Å². The van der Waals surface area contributed by atoms with Crippen molar-refractivity contribution < 1.29 is 15.0 Å². The fourth-order valence-corrected chi connectivity index (χ4v) is 3.49. The Balaban J connectivity index is 1.84. The Bertz CT molecular complexity index is 1250. The maximum Gasteiger partial charge on any atom is 0.323 e. The molecule has 33 heavy (non-hydrogen) atoms. The van der Waals surface area contributed by atoms with Crippen LogP contribution in [0.3, 0.4) is 0 Å². The molecule has 9 heteroatoms. The Labute approximate surface area is 196 Å². The van der Waals surface area contributed by atoms with E-state index in [0.717, 1.165) is 17.6 Å². The Hall–Kier alpha value is -3.91. The number of benzene rings is 2. The number of rotatable bonds is 7. The van der Waals surface area contributed by atoms with Crippen LogP contribution in [0.2, 0.25) is 5.02 Å². The number of carbonyl (C=O) groups is 2. The largest absolute Gasteiger partial charge is 0.361 e. The Morgan fingerprint density at radius 1 is 1.15 bits per heavy atom. The van der Waals surface area contributed by atoms with E-state index in [2.05, 4.69) is 20.6 Å². The highest BCUT2D eigenvalue weighted by molar-refractivity contribution is 6.33. The van der Waals surface area contributed by atoms with Crippen LogP contribution in [0, 0.1) is 6.92 Å². The molecule has 3 rings (SSSR count). The molecule has 0 saturated carbocycles. The fourth-order valence-electron chi connectivity index (χ4n) is 3.21. The van der Waals surface area contributed by atoms with Crippen molar-refractivity contribution in [3.05, 3.63) is 81.6 Å². The molecule has 8 nitrogen and oxygen atoms in total. The average Bonchev–Trinajstić information content (AvgIpc) is 3.21. The second-order valence-electron chi connectivity index (χ2n) is 7.80. The number of H-pyrrole nitrogens is 1. The Kier molecular flexibility index (Phi) is 7.30. The van der Waals surface area contributed by atoms with Crippen molar-refractivity contribution in [1.82, 2.24) is 4.98 Å². The summed E-state index contributed by atoms with van der Waals surface area (Å²) in [4.78, 5) is 32.8. The van der Waals surface area contributed by atoms with E-state index >= 15 is 0 Å². The molecule has 3 aromatic rings. The van der Waals surface area contributed by atoms with Gasteiger partial charge in [0.25, 0.3) is 12.2 Å². The summed E-state index contributed by atoms with van der Waals surface area (Å²) < 4.78 is 0. The van der Waals surface area contributed by atoms with Gasteiger partial charge in [-0.2, -0.15) is 0 Å². The third-order valence-corrected chi connectivity index (χ3v) is 5.24. The van der Waals surface area contributed by atoms with Crippen LogP contribution in [-0.2, 0) is 0 Å². The molecule has 170 valence electrons. The van der Waals surface area contributed by atoms with E-state index in [0.29, 0.717) is 33.2 Å². The quantitative estimate of drug-likeness (QED) is 0.207. The number of anilines is 2. The zero-order chi connectivity index (χ0) is 24.1. The van der Waals surface area contributed by atoms with Crippen molar-refractivity contribution in [3.63, 3.8) is 0 Å². The van der Waals surface area contributed by atoms with Crippen molar-refractivity contribution in [2.45, 2.75) is 26.7 Å². The second-order valence-corrected chi connectivity index (χ2v) is 8.21. The van der Waals surface area contributed by atoms with Crippen molar-refractivity contribution in [2.75, 3.05) is 10.6 Å². The summed E-state index contributed by atoms with van der Waals surface area (Å²) in [6.07, 6.45) is 1.07. The number of nitrogens with zero attached hydrogens (tertiary/aromatic N) is 1.